The second-order valence-electron chi connectivity index (χ2n) is 8.69. The maximum absolute atomic E-state index is 13.0. The van der Waals surface area contributed by atoms with Crippen LogP contribution in [-0.4, -0.2) is 60.7 Å². The van der Waals surface area contributed by atoms with Gasteiger partial charge in [0.2, 0.25) is 5.91 Å². The summed E-state index contributed by atoms with van der Waals surface area (Å²) in [6, 6.07) is 11.1. The summed E-state index contributed by atoms with van der Waals surface area (Å²) in [6.07, 6.45) is 3.47. The van der Waals surface area contributed by atoms with Crippen molar-refractivity contribution < 1.29 is 13.2 Å². The van der Waals surface area contributed by atoms with Gasteiger partial charge >= 0.3 is 0 Å². The third-order valence-corrected chi connectivity index (χ3v) is 8.52. The van der Waals surface area contributed by atoms with Gasteiger partial charge in [0.05, 0.1) is 5.75 Å². The van der Waals surface area contributed by atoms with Gasteiger partial charge in [0.25, 0.3) is 0 Å². The van der Waals surface area contributed by atoms with Gasteiger partial charge in [-0.25, -0.2) is 8.42 Å². The van der Waals surface area contributed by atoms with Crippen LogP contribution >= 0.6 is 11.6 Å². The molecule has 33 heavy (non-hydrogen) atoms. The van der Waals surface area contributed by atoms with Crippen LogP contribution in [-0.2, 0) is 21.7 Å². The quantitative estimate of drug-likeness (QED) is 0.527. The summed E-state index contributed by atoms with van der Waals surface area (Å²) in [7, 11) is -0.116. The highest BCUT2D eigenvalue weighted by Crippen LogP contribution is 2.27. The first-order valence-corrected chi connectivity index (χ1v) is 13.1. The zero-order chi connectivity index (χ0) is 23.8. The van der Waals surface area contributed by atoms with Crippen LogP contribution in [0.4, 0.5) is 5.69 Å². The maximum Gasteiger partial charge on any atom is 0.223 e. The Morgan fingerprint density at radius 2 is 1.91 bits per heavy atom. The van der Waals surface area contributed by atoms with Crippen molar-refractivity contribution in [3.8, 4) is 0 Å². The van der Waals surface area contributed by atoms with Gasteiger partial charge in [-0.15, -0.1) is 0 Å². The lowest BCUT2D eigenvalue weighted by molar-refractivity contribution is -0.131. The molecule has 9 heteroatoms. The van der Waals surface area contributed by atoms with E-state index in [2.05, 4.69) is 16.0 Å². The fourth-order valence-corrected chi connectivity index (χ4v) is 6.19. The van der Waals surface area contributed by atoms with Gasteiger partial charge in [-0.1, -0.05) is 11.6 Å². The number of piperidine rings is 1. The molecule has 1 amide bonds. The van der Waals surface area contributed by atoms with E-state index in [1.165, 1.54) is 0 Å². The minimum Gasteiger partial charge on any atom is -0.371 e. The molecule has 2 aromatic heterocycles. The van der Waals surface area contributed by atoms with E-state index in [0.717, 1.165) is 48.2 Å². The molecule has 1 aromatic carbocycles. The molecule has 0 spiro atoms. The average Bonchev–Trinajstić information content (AvgIpc) is 3.13. The number of benzene rings is 1. The van der Waals surface area contributed by atoms with Crippen LogP contribution in [0.5, 0.6) is 0 Å². The summed E-state index contributed by atoms with van der Waals surface area (Å²) in [5.41, 5.74) is 2.92. The average molecular weight is 489 g/mol. The summed E-state index contributed by atoms with van der Waals surface area (Å²) in [5, 5.41) is 1.53. The molecule has 3 heterocycles. The summed E-state index contributed by atoms with van der Waals surface area (Å²) < 4.78 is 27.6. The molecule has 0 N–H and O–H groups in total. The molecule has 3 aromatic rings. The molecule has 0 unspecified atom stereocenters. The second kappa shape index (κ2) is 9.35. The van der Waals surface area contributed by atoms with Gasteiger partial charge < -0.3 is 14.4 Å². The molecule has 4 rings (SSSR count). The number of sulfone groups is 1. The number of halogens is 1. The first-order valence-electron chi connectivity index (χ1n) is 11.1. The van der Waals surface area contributed by atoms with Crippen molar-refractivity contribution in [1.29, 1.82) is 0 Å². The van der Waals surface area contributed by atoms with Gasteiger partial charge in [0.15, 0.2) is 9.84 Å². The lowest BCUT2D eigenvalue weighted by Crippen LogP contribution is -2.46. The summed E-state index contributed by atoms with van der Waals surface area (Å²) >= 11 is 6.04. The predicted octanol–water partition coefficient (Wildman–Crippen LogP) is 3.83. The van der Waals surface area contributed by atoms with Crippen LogP contribution in [0.1, 0.15) is 25.0 Å². The molecule has 0 radical (unpaired) electrons. The lowest BCUT2D eigenvalue weighted by Gasteiger charge is -2.38. The standard InChI is InChI=1S/C24H29ClN4O3S/c1-17-14-21(6-10-26-17)29-11-7-20(8-12-29)27(2)23(30)9-13-33(31,32)24-16-18-15-19(25)4-5-22(18)28(24)3/h4-6,10,14-16,20H,7-9,11-13H2,1-3H3. The molecular weight excluding hydrogens is 460 g/mol. The number of rotatable bonds is 6. The molecule has 1 saturated heterocycles. The van der Waals surface area contributed by atoms with Crippen LogP contribution in [0.2, 0.25) is 5.02 Å². The number of carbonyl (C=O) groups is 1. The zero-order valence-corrected chi connectivity index (χ0v) is 20.7. The normalized spacial score (nSPS) is 15.2. The Bertz CT molecular complexity index is 1280. The molecular formula is C24H29ClN4O3S. The van der Waals surface area contributed by atoms with E-state index in [1.54, 1.807) is 47.8 Å². The van der Waals surface area contributed by atoms with Crippen LogP contribution < -0.4 is 4.90 Å². The molecule has 1 aliphatic rings. The Hall–Kier alpha value is -2.58. The van der Waals surface area contributed by atoms with Crippen LogP contribution in [0.3, 0.4) is 0 Å². The fraction of sp³-hybridized carbons (Fsp3) is 0.417. The number of aryl methyl sites for hydroxylation is 2. The largest absolute Gasteiger partial charge is 0.371 e. The van der Waals surface area contributed by atoms with Crippen molar-refractivity contribution in [2.75, 3.05) is 30.8 Å². The number of amides is 1. The number of aromatic nitrogens is 2. The van der Waals surface area contributed by atoms with Gasteiger partial charge in [-0.05, 0) is 56.2 Å². The number of hydrogen-bond donors (Lipinski definition) is 0. The molecule has 0 atom stereocenters. The molecule has 7 nitrogen and oxygen atoms in total. The number of fused-ring (bicyclic) bond motifs is 1. The third-order valence-electron chi connectivity index (χ3n) is 6.51. The first-order chi connectivity index (χ1) is 15.7. The van der Waals surface area contributed by atoms with Crippen molar-refractivity contribution >= 4 is 43.9 Å². The van der Waals surface area contributed by atoms with E-state index in [4.69, 9.17) is 11.6 Å². The highest BCUT2D eigenvalue weighted by molar-refractivity contribution is 7.91. The highest BCUT2D eigenvalue weighted by atomic mass is 35.5. The Morgan fingerprint density at radius 3 is 2.61 bits per heavy atom. The van der Waals surface area contributed by atoms with Crippen molar-refractivity contribution in [1.82, 2.24) is 14.5 Å². The van der Waals surface area contributed by atoms with Gasteiger partial charge in [-0.3, -0.25) is 9.78 Å². The molecule has 176 valence electrons. The summed E-state index contributed by atoms with van der Waals surface area (Å²) in [4.78, 5) is 21.1. The SMILES string of the molecule is Cc1cc(N2CCC(N(C)C(=O)CCS(=O)(=O)c3cc4cc(Cl)ccc4n3C)CC2)ccn1. The zero-order valence-electron chi connectivity index (χ0n) is 19.2. The van der Waals surface area contributed by atoms with Gasteiger partial charge in [-0.2, -0.15) is 0 Å². The minimum atomic E-state index is -3.62. The second-order valence-corrected chi connectivity index (χ2v) is 11.2. The predicted molar refractivity (Wildman–Crippen MR) is 132 cm³/mol. The topological polar surface area (TPSA) is 75.5 Å². The maximum atomic E-state index is 13.0. The Kier molecular flexibility index (Phi) is 6.68. The Balaban J connectivity index is 1.36. The number of anilines is 1. The van der Waals surface area contributed by atoms with E-state index in [-0.39, 0.29) is 29.1 Å². The van der Waals surface area contributed by atoms with Crippen molar-refractivity contribution in [2.45, 2.75) is 37.3 Å². The van der Waals surface area contributed by atoms with E-state index < -0.39 is 9.84 Å². The van der Waals surface area contributed by atoms with Gasteiger partial charge in [0.1, 0.15) is 5.03 Å². The molecule has 1 fully saturated rings. The van der Waals surface area contributed by atoms with E-state index in [9.17, 15) is 13.2 Å². The highest BCUT2D eigenvalue weighted by Gasteiger charge is 2.27. The molecule has 0 saturated carbocycles. The minimum absolute atomic E-state index is 0.0368. The van der Waals surface area contributed by atoms with Crippen LogP contribution in [0.25, 0.3) is 10.9 Å². The third kappa shape index (κ3) is 5.01. The summed E-state index contributed by atoms with van der Waals surface area (Å²) in [5.74, 6) is -0.359. The van der Waals surface area contributed by atoms with E-state index in [0.29, 0.717) is 5.02 Å². The van der Waals surface area contributed by atoms with Crippen LogP contribution in [0.15, 0.2) is 47.6 Å². The van der Waals surface area contributed by atoms with Crippen LogP contribution in [0, 0.1) is 6.92 Å². The van der Waals surface area contributed by atoms with Crippen molar-refractivity contribution in [3.05, 3.63) is 53.3 Å². The fourth-order valence-electron chi connectivity index (χ4n) is 4.54. The monoisotopic (exact) mass is 488 g/mol. The van der Waals surface area contributed by atoms with Gasteiger partial charge in [0, 0.05) is 73.2 Å². The molecule has 0 aliphatic carbocycles. The number of nitrogens with zero attached hydrogens (tertiary/aromatic N) is 4. The summed E-state index contributed by atoms with van der Waals surface area (Å²) in [6.45, 7) is 3.68. The van der Waals surface area contributed by atoms with Crippen molar-refractivity contribution in [2.24, 2.45) is 7.05 Å². The Labute approximate surface area is 199 Å². The molecule has 1 aliphatic heterocycles. The first kappa shape index (κ1) is 23.6. The lowest BCUT2D eigenvalue weighted by atomic mass is 10.0. The van der Waals surface area contributed by atoms with Crippen molar-refractivity contribution in [3.63, 3.8) is 0 Å². The number of hydrogen-bond acceptors (Lipinski definition) is 5. The molecule has 0 bridgehead atoms. The Morgan fingerprint density at radius 1 is 1.18 bits per heavy atom. The number of carbonyl (C=O) groups excluding carboxylic acids is 1. The van der Waals surface area contributed by atoms with E-state index in [1.807, 2.05) is 19.2 Å². The smallest absolute Gasteiger partial charge is 0.223 e. The number of pyridine rings is 1. The van der Waals surface area contributed by atoms with E-state index >= 15 is 0 Å².